The van der Waals surface area contributed by atoms with Crippen molar-refractivity contribution < 1.29 is 4.74 Å². The van der Waals surface area contributed by atoms with Crippen molar-refractivity contribution in [2.75, 3.05) is 24.6 Å². The molecule has 0 spiro atoms. The fourth-order valence-corrected chi connectivity index (χ4v) is 3.72. The molecule has 2 fully saturated rings. The van der Waals surface area contributed by atoms with Gasteiger partial charge in [-0.15, -0.1) is 0 Å². The van der Waals surface area contributed by atoms with Crippen LogP contribution in [0.25, 0.3) is 0 Å². The molecule has 5 nitrogen and oxygen atoms in total. The highest BCUT2D eigenvalue weighted by Crippen LogP contribution is 2.38. The van der Waals surface area contributed by atoms with Crippen LogP contribution in [0.4, 0.5) is 5.82 Å². The van der Waals surface area contributed by atoms with Gasteiger partial charge in [-0.1, -0.05) is 6.42 Å². The number of hydrogen-bond donors (Lipinski definition) is 1. The number of anilines is 1. The van der Waals surface area contributed by atoms with Crippen molar-refractivity contribution in [2.24, 2.45) is 17.6 Å². The van der Waals surface area contributed by atoms with Gasteiger partial charge in [0.1, 0.15) is 12.1 Å². The summed E-state index contributed by atoms with van der Waals surface area (Å²) in [6.45, 7) is 6.75. The van der Waals surface area contributed by atoms with E-state index in [0.29, 0.717) is 24.4 Å². The second-order valence-electron chi connectivity index (χ2n) is 5.98. The van der Waals surface area contributed by atoms with E-state index in [1.165, 1.54) is 19.3 Å². The molecule has 0 bridgehead atoms. The lowest BCUT2D eigenvalue weighted by Crippen LogP contribution is -2.38. The highest BCUT2D eigenvalue weighted by molar-refractivity contribution is 5.51. The minimum Gasteiger partial charge on any atom is -0.478 e. The van der Waals surface area contributed by atoms with Crippen LogP contribution in [0.1, 0.15) is 31.7 Å². The maximum absolute atomic E-state index is 6.29. The molecule has 3 atom stereocenters. The van der Waals surface area contributed by atoms with Crippen LogP contribution in [0.2, 0.25) is 0 Å². The SMILES string of the molecule is CCOc1ncnc(N2CC3CCCC(N)C3C2)c1C. The fourth-order valence-electron chi connectivity index (χ4n) is 3.72. The number of aromatic nitrogens is 2. The van der Waals surface area contributed by atoms with Crippen LogP contribution in [0.5, 0.6) is 5.88 Å². The summed E-state index contributed by atoms with van der Waals surface area (Å²) < 4.78 is 5.57. The molecule has 110 valence electrons. The molecular weight excluding hydrogens is 252 g/mol. The van der Waals surface area contributed by atoms with Crippen LogP contribution in [-0.2, 0) is 0 Å². The van der Waals surface area contributed by atoms with Gasteiger partial charge in [0.05, 0.1) is 12.2 Å². The zero-order valence-electron chi connectivity index (χ0n) is 12.4. The monoisotopic (exact) mass is 276 g/mol. The number of nitrogens with zero attached hydrogens (tertiary/aromatic N) is 3. The number of fused-ring (bicyclic) bond motifs is 1. The molecule has 20 heavy (non-hydrogen) atoms. The molecule has 2 N–H and O–H groups in total. The van der Waals surface area contributed by atoms with Gasteiger partial charge in [0, 0.05) is 19.1 Å². The standard InChI is InChI=1S/C15H24N4O/c1-3-20-15-10(2)14(17-9-18-15)19-7-11-5-4-6-13(16)12(11)8-19/h9,11-13H,3-8,16H2,1-2H3. The van der Waals surface area contributed by atoms with Gasteiger partial charge in [0.2, 0.25) is 5.88 Å². The van der Waals surface area contributed by atoms with Crippen molar-refractivity contribution in [3.05, 3.63) is 11.9 Å². The molecule has 1 saturated heterocycles. The molecule has 1 saturated carbocycles. The number of hydrogen-bond acceptors (Lipinski definition) is 5. The molecule has 1 aliphatic heterocycles. The van der Waals surface area contributed by atoms with Crippen molar-refractivity contribution in [3.8, 4) is 5.88 Å². The molecule has 3 rings (SSSR count). The number of ether oxygens (including phenoxy) is 1. The van der Waals surface area contributed by atoms with Gasteiger partial charge in [0.15, 0.2) is 0 Å². The molecule has 1 aliphatic carbocycles. The van der Waals surface area contributed by atoms with E-state index in [9.17, 15) is 0 Å². The third kappa shape index (κ3) is 2.35. The Morgan fingerprint density at radius 2 is 2.20 bits per heavy atom. The van der Waals surface area contributed by atoms with E-state index in [1.54, 1.807) is 6.33 Å². The van der Waals surface area contributed by atoms with Crippen molar-refractivity contribution >= 4 is 5.82 Å². The second kappa shape index (κ2) is 5.56. The highest BCUT2D eigenvalue weighted by atomic mass is 16.5. The molecule has 2 heterocycles. The van der Waals surface area contributed by atoms with E-state index in [4.69, 9.17) is 10.5 Å². The Bertz CT molecular complexity index is 479. The summed E-state index contributed by atoms with van der Waals surface area (Å²) in [6, 6.07) is 0.354. The summed E-state index contributed by atoms with van der Waals surface area (Å²) in [5.74, 6) is 3.07. The molecule has 2 aliphatic rings. The molecule has 1 aromatic heterocycles. The first-order valence-corrected chi connectivity index (χ1v) is 7.65. The van der Waals surface area contributed by atoms with Crippen LogP contribution in [0.3, 0.4) is 0 Å². The van der Waals surface area contributed by atoms with Gasteiger partial charge in [-0.25, -0.2) is 9.97 Å². The van der Waals surface area contributed by atoms with E-state index in [-0.39, 0.29) is 0 Å². The fraction of sp³-hybridized carbons (Fsp3) is 0.733. The zero-order valence-corrected chi connectivity index (χ0v) is 12.4. The van der Waals surface area contributed by atoms with E-state index >= 15 is 0 Å². The van der Waals surface area contributed by atoms with Gasteiger partial charge in [0.25, 0.3) is 0 Å². The predicted octanol–water partition coefficient (Wildman–Crippen LogP) is 1.75. The quantitative estimate of drug-likeness (QED) is 0.911. The van der Waals surface area contributed by atoms with E-state index in [2.05, 4.69) is 14.9 Å². The average molecular weight is 276 g/mol. The van der Waals surface area contributed by atoms with Crippen LogP contribution < -0.4 is 15.4 Å². The molecule has 0 aromatic carbocycles. The third-order valence-corrected chi connectivity index (χ3v) is 4.75. The summed E-state index contributed by atoms with van der Waals surface area (Å²) in [5.41, 5.74) is 7.33. The minimum absolute atomic E-state index is 0.354. The Labute approximate surface area is 120 Å². The maximum atomic E-state index is 6.29. The largest absolute Gasteiger partial charge is 0.478 e. The lowest BCUT2D eigenvalue weighted by Gasteiger charge is -2.29. The normalized spacial score (nSPS) is 29.4. The first kappa shape index (κ1) is 13.6. The lowest BCUT2D eigenvalue weighted by atomic mass is 9.78. The lowest BCUT2D eigenvalue weighted by molar-refractivity contribution is 0.260. The number of nitrogens with two attached hydrogens (primary N) is 1. The molecule has 1 aromatic rings. The number of rotatable bonds is 3. The predicted molar refractivity (Wildman–Crippen MR) is 79.0 cm³/mol. The van der Waals surface area contributed by atoms with Gasteiger partial charge in [-0.05, 0) is 38.5 Å². The van der Waals surface area contributed by atoms with Crippen LogP contribution in [-0.4, -0.2) is 35.7 Å². The van der Waals surface area contributed by atoms with Crippen molar-refractivity contribution in [2.45, 2.75) is 39.2 Å². The van der Waals surface area contributed by atoms with Gasteiger partial charge in [-0.3, -0.25) is 0 Å². The topological polar surface area (TPSA) is 64.3 Å². The highest BCUT2D eigenvalue weighted by Gasteiger charge is 2.39. The Balaban J connectivity index is 1.82. The van der Waals surface area contributed by atoms with Crippen LogP contribution in [0.15, 0.2) is 6.33 Å². The van der Waals surface area contributed by atoms with E-state index in [1.807, 2.05) is 13.8 Å². The molecule has 0 amide bonds. The van der Waals surface area contributed by atoms with E-state index in [0.717, 1.165) is 30.4 Å². The van der Waals surface area contributed by atoms with E-state index < -0.39 is 0 Å². The minimum atomic E-state index is 0.354. The molecular formula is C15H24N4O. The van der Waals surface area contributed by atoms with Crippen molar-refractivity contribution in [1.29, 1.82) is 0 Å². The average Bonchev–Trinajstić information content (AvgIpc) is 2.87. The maximum Gasteiger partial charge on any atom is 0.221 e. The Morgan fingerprint density at radius 3 is 2.95 bits per heavy atom. The third-order valence-electron chi connectivity index (χ3n) is 4.75. The summed E-state index contributed by atoms with van der Waals surface area (Å²) >= 11 is 0. The van der Waals surface area contributed by atoms with Gasteiger partial charge < -0.3 is 15.4 Å². The van der Waals surface area contributed by atoms with Crippen molar-refractivity contribution in [3.63, 3.8) is 0 Å². The summed E-state index contributed by atoms with van der Waals surface area (Å²) in [6.07, 6.45) is 5.34. The summed E-state index contributed by atoms with van der Waals surface area (Å²) in [4.78, 5) is 11.1. The van der Waals surface area contributed by atoms with Crippen LogP contribution >= 0.6 is 0 Å². The van der Waals surface area contributed by atoms with Gasteiger partial charge in [-0.2, -0.15) is 0 Å². The Morgan fingerprint density at radius 1 is 1.35 bits per heavy atom. The Kier molecular flexibility index (Phi) is 3.78. The second-order valence-corrected chi connectivity index (χ2v) is 5.98. The molecule has 0 radical (unpaired) electrons. The smallest absolute Gasteiger partial charge is 0.221 e. The van der Waals surface area contributed by atoms with Gasteiger partial charge >= 0.3 is 0 Å². The summed E-state index contributed by atoms with van der Waals surface area (Å²) in [7, 11) is 0. The Hall–Kier alpha value is -1.36. The van der Waals surface area contributed by atoms with Crippen LogP contribution in [0, 0.1) is 18.8 Å². The van der Waals surface area contributed by atoms with Crippen molar-refractivity contribution in [1.82, 2.24) is 9.97 Å². The molecule has 3 unspecified atom stereocenters. The first-order chi connectivity index (χ1) is 9.70. The first-order valence-electron chi connectivity index (χ1n) is 7.65. The molecule has 5 heteroatoms. The summed E-state index contributed by atoms with van der Waals surface area (Å²) in [5, 5.41) is 0. The zero-order chi connectivity index (χ0) is 14.1.